The van der Waals surface area contributed by atoms with Crippen molar-refractivity contribution in [2.24, 2.45) is 10.8 Å². The first-order valence-corrected chi connectivity index (χ1v) is 57.5. The number of sulfonamides is 1. The van der Waals surface area contributed by atoms with Gasteiger partial charge in [0, 0.05) is 163 Å². The summed E-state index contributed by atoms with van der Waals surface area (Å²) in [5.41, 5.74) is 3.53. The standard InChI is InChI=1S/C13H26N2.C12H24N2O.C12H24N2.C12H23NO.C11H22N2O3S.C11H20N2O2.C11H22N2O.14C2H6/c1-12(2,3)15-9-6-13(7-10-15)5-4-8-14-11-13;1-11(2,3)14-7-4-12(5-8-14)10-13-6-9-15-12;1-11(2,3)14-8-5-12(6-9-14)4-7-13-10-12;1-11(2,3)13-8-6-12(7-9-13)5-4-10-14-12;1-10(2,3)13-6-4-11(5-7-13)8-12-17(14,15)9-16-11;1-10(2,3)13-6-4-11(5-7-13)8-12-9(14)15-11;1-10(2,3)13-6-4-11(5-7-13)8-12-9-14-11;14*1-2/h14H,4-11H2,1-3H3;13H,4-10H2,1-3H3;13H,4-10H2,1-3H3;4-10H2,1-3H3;12H,4-9H2,1-3H3;4-8H2,1-3H3,(H,12,14);12H,4-9H2,1-3H3;14*1-2H3. The van der Waals surface area contributed by atoms with Crippen LogP contribution >= 0.6 is 0 Å². The van der Waals surface area contributed by atoms with Crippen LogP contribution in [-0.2, 0) is 33.7 Å². The minimum atomic E-state index is -3.19. The smallest absolute Gasteiger partial charge is 0.407 e. The Kier molecular flexibility index (Phi) is 81.0. The molecule has 0 aromatic rings. The molecule has 14 aliphatic rings. The van der Waals surface area contributed by atoms with Crippen molar-refractivity contribution < 1.29 is 36.9 Å². The maximum Gasteiger partial charge on any atom is 0.407 e. The summed E-state index contributed by atoms with van der Waals surface area (Å²) in [6.45, 7) is 132. The van der Waals surface area contributed by atoms with E-state index in [1.54, 1.807) is 0 Å². The summed E-state index contributed by atoms with van der Waals surface area (Å²) in [6.07, 6.45) is 23.0. The lowest BCUT2D eigenvalue weighted by Crippen LogP contribution is -2.59. The van der Waals surface area contributed by atoms with E-state index in [1.165, 1.54) is 188 Å². The van der Waals surface area contributed by atoms with Crippen molar-refractivity contribution in [2.45, 2.75) is 528 Å². The highest BCUT2D eigenvalue weighted by Gasteiger charge is 2.48. The van der Waals surface area contributed by atoms with Gasteiger partial charge in [-0.1, -0.05) is 194 Å². The zero-order valence-corrected chi connectivity index (χ0v) is 99.6. The maximum absolute atomic E-state index is 11.3. The predicted octanol–water partition coefficient (Wildman–Crippen LogP) is 25.2. The number of hydrogen-bond acceptors (Lipinski definition) is 19. The summed E-state index contributed by atoms with van der Waals surface area (Å²) in [4.78, 5) is 28.9. The molecule has 0 aromatic carbocycles. The number of likely N-dealkylation sites (tertiary alicyclic amines) is 7. The molecule has 14 aliphatic heterocycles. The highest BCUT2D eigenvalue weighted by Crippen LogP contribution is 2.43. The molecule has 0 radical (unpaired) electrons. The number of morpholine rings is 1. The Morgan fingerprint density at radius 3 is 0.742 bits per heavy atom. The number of nitrogens with zero attached hydrogens (tertiary/aromatic N) is 7. The number of ether oxygens (including phenoxy) is 5. The van der Waals surface area contributed by atoms with Crippen LogP contribution in [0.5, 0.6) is 0 Å². The van der Waals surface area contributed by atoms with Crippen molar-refractivity contribution in [1.82, 2.24) is 65.6 Å². The maximum atomic E-state index is 11.3. The van der Waals surface area contributed by atoms with Gasteiger partial charge in [0.05, 0.1) is 42.3 Å². The van der Waals surface area contributed by atoms with Crippen molar-refractivity contribution in [3.05, 3.63) is 0 Å². The molecule has 14 fully saturated rings. The fourth-order valence-electron chi connectivity index (χ4n) is 18.6. The Morgan fingerprint density at radius 2 is 0.515 bits per heavy atom. The van der Waals surface area contributed by atoms with E-state index in [2.05, 4.69) is 211 Å². The van der Waals surface area contributed by atoms with Crippen LogP contribution in [0.4, 0.5) is 4.79 Å². The summed E-state index contributed by atoms with van der Waals surface area (Å²) < 4.78 is 53.8. The molecule has 14 saturated heterocycles. The summed E-state index contributed by atoms with van der Waals surface area (Å²) in [7, 11) is -3.19. The minimum absolute atomic E-state index is 0.153. The van der Waals surface area contributed by atoms with Gasteiger partial charge in [-0.2, -0.15) is 0 Å². The summed E-state index contributed by atoms with van der Waals surface area (Å²) >= 11 is 0. The second-order valence-electron chi connectivity index (χ2n) is 41.4. The normalized spacial score (nSPS) is 22.9. The summed E-state index contributed by atoms with van der Waals surface area (Å²) in [5, 5.41) is 16.6. The molecule has 7 spiro atoms. The third kappa shape index (κ3) is 54.2. The lowest BCUT2D eigenvalue weighted by molar-refractivity contribution is -0.109. The zero-order chi connectivity index (χ0) is 104. The number of amides is 1. The van der Waals surface area contributed by atoms with Gasteiger partial charge in [-0.25, -0.2) is 17.9 Å². The molecule has 0 aliphatic carbocycles. The van der Waals surface area contributed by atoms with Crippen LogP contribution in [0.25, 0.3) is 0 Å². The summed E-state index contributed by atoms with van der Waals surface area (Å²) in [6, 6.07) is 0. The van der Waals surface area contributed by atoms with Gasteiger partial charge in [0.1, 0.15) is 5.60 Å². The molecular formula is C110H245N13O8S. The Bertz CT molecular complexity index is 2480. The van der Waals surface area contributed by atoms with Gasteiger partial charge in [-0.3, -0.25) is 39.6 Å². The molecule has 0 unspecified atom stereocenters. The van der Waals surface area contributed by atoms with E-state index in [4.69, 9.17) is 23.7 Å². The molecule has 0 saturated carbocycles. The van der Waals surface area contributed by atoms with E-state index in [1.807, 2.05) is 194 Å². The first-order valence-electron chi connectivity index (χ1n) is 55.8. The van der Waals surface area contributed by atoms with Gasteiger partial charge < -0.3 is 45.0 Å². The van der Waals surface area contributed by atoms with E-state index in [0.717, 1.165) is 91.4 Å². The highest BCUT2D eigenvalue weighted by atomic mass is 32.2. The van der Waals surface area contributed by atoms with Crippen molar-refractivity contribution >= 4 is 16.1 Å². The van der Waals surface area contributed by atoms with Crippen molar-refractivity contribution in [2.75, 3.05) is 176 Å². The Labute approximate surface area is 829 Å². The minimum Gasteiger partial charge on any atom is -0.441 e. The largest absolute Gasteiger partial charge is 0.441 e. The number of carbonyl (C=O) groups is 1. The van der Waals surface area contributed by atoms with Crippen molar-refractivity contribution in [1.29, 1.82) is 0 Å². The number of nitrogens with one attached hydrogen (secondary N) is 6. The van der Waals surface area contributed by atoms with Crippen LogP contribution in [-0.4, -0.2) is 292 Å². The molecule has 804 valence electrons. The highest BCUT2D eigenvalue weighted by molar-refractivity contribution is 7.89. The summed E-state index contributed by atoms with van der Waals surface area (Å²) in [5.74, 6) is -0.192. The van der Waals surface area contributed by atoms with E-state index in [-0.39, 0.29) is 51.1 Å². The van der Waals surface area contributed by atoms with Gasteiger partial charge in [0.15, 0.2) is 5.94 Å². The lowest BCUT2D eigenvalue weighted by Gasteiger charge is -2.48. The topological polar surface area (TPSA) is 192 Å². The molecule has 22 heteroatoms. The van der Waals surface area contributed by atoms with E-state index >= 15 is 0 Å². The van der Waals surface area contributed by atoms with E-state index < -0.39 is 10.0 Å². The van der Waals surface area contributed by atoms with Crippen LogP contribution < -0.4 is 31.3 Å². The molecule has 132 heavy (non-hydrogen) atoms. The Morgan fingerprint density at radius 1 is 0.250 bits per heavy atom. The molecule has 1 amide bonds. The monoisotopic (exact) mass is 1910 g/mol. The van der Waals surface area contributed by atoms with Crippen LogP contribution in [0.2, 0.25) is 0 Å². The van der Waals surface area contributed by atoms with E-state index in [9.17, 15) is 13.2 Å². The lowest BCUT2D eigenvalue weighted by atomic mass is 9.72. The number of alkyl carbamates (subject to hydrolysis) is 1. The van der Waals surface area contributed by atoms with Gasteiger partial charge in [0.25, 0.3) is 0 Å². The molecule has 0 aromatic heterocycles. The molecule has 0 bridgehead atoms. The first-order chi connectivity index (χ1) is 62.2. The first kappa shape index (κ1) is 144. The SMILES string of the molecule is CC.CC.CC.CC.CC.CC.CC.CC.CC.CC.CC.CC.CC.CC.CC(C)(C)N1CCC2(CC1)CNC(=O)O2.CC(C)(C)N1CCC2(CC1)CNCCO2.CC(C)(C)N1CCC2(CC1)CNCO2.CC(C)(C)N1CCC2(CC1)CNS(=O)(=O)CO2.CC(C)(C)N1CCC2(CCCNC2)CC1.CC(C)(C)N1CCC2(CCCO2)CC1.CC(C)(C)N1CCC2(CCNC2)CC1. The van der Waals surface area contributed by atoms with Crippen LogP contribution in [0, 0.1) is 10.8 Å². The average Bonchev–Trinajstić information content (AvgIpc) is 1.36. The number of carbonyl (C=O) groups excluding carboxylic acids is 1. The Balaban J connectivity index is -0.000000264. The fraction of sp³-hybridized carbons (Fsp3) is 0.991. The molecule has 14 rings (SSSR count). The molecular weight excluding hydrogens is 1660 g/mol. The van der Waals surface area contributed by atoms with Crippen LogP contribution in [0.3, 0.4) is 0 Å². The van der Waals surface area contributed by atoms with Gasteiger partial charge in [-0.05, 0) is 305 Å². The van der Waals surface area contributed by atoms with Gasteiger partial charge >= 0.3 is 6.09 Å². The molecule has 6 N–H and O–H groups in total. The average molecular weight is 1910 g/mol. The Hall–Kier alpha value is -1.42. The second-order valence-corrected chi connectivity index (χ2v) is 43.1. The quantitative estimate of drug-likeness (QED) is 0.134. The molecule has 0 atom stereocenters. The van der Waals surface area contributed by atoms with Crippen molar-refractivity contribution in [3.63, 3.8) is 0 Å². The third-order valence-corrected chi connectivity index (χ3v) is 27.8. The number of piperidine rings is 8. The van der Waals surface area contributed by atoms with Crippen molar-refractivity contribution in [3.8, 4) is 0 Å². The second kappa shape index (κ2) is 74.5. The third-order valence-electron chi connectivity index (χ3n) is 26.8. The van der Waals surface area contributed by atoms with Crippen LogP contribution in [0.15, 0.2) is 0 Å². The van der Waals surface area contributed by atoms with Gasteiger partial charge in [0.2, 0.25) is 10.0 Å². The number of rotatable bonds is 0. The van der Waals surface area contributed by atoms with Crippen LogP contribution in [0.1, 0.15) is 461 Å². The van der Waals surface area contributed by atoms with Gasteiger partial charge in [-0.15, -0.1) is 0 Å². The zero-order valence-electron chi connectivity index (χ0n) is 98.8. The van der Waals surface area contributed by atoms with E-state index in [0.29, 0.717) is 51.6 Å². The fourth-order valence-corrected chi connectivity index (χ4v) is 19.6. The molecule has 21 nitrogen and oxygen atoms in total. The predicted molar refractivity (Wildman–Crippen MR) is 586 cm³/mol. The molecule has 14 heterocycles. The number of hydrogen-bond donors (Lipinski definition) is 6.